The first-order chi connectivity index (χ1) is 8.56. The van der Waals surface area contributed by atoms with E-state index < -0.39 is 6.04 Å². The minimum Gasteiger partial charge on any atom is -0.352 e. The van der Waals surface area contributed by atoms with Gasteiger partial charge < -0.3 is 11.1 Å². The lowest BCUT2D eigenvalue weighted by atomic mass is 9.87. The van der Waals surface area contributed by atoms with Gasteiger partial charge in [0.15, 0.2) is 0 Å². The Morgan fingerprint density at radius 3 is 3.00 bits per heavy atom. The first kappa shape index (κ1) is 13.1. The third-order valence-corrected chi connectivity index (χ3v) is 3.65. The molecule has 1 aliphatic rings. The molecule has 0 radical (unpaired) electrons. The zero-order valence-corrected chi connectivity index (χ0v) is 11.1. The maximum Gasteiger partial charge on any atom is 0.241 e. The number of rotatable bonds is 3. The van der Waals surface area contributed by atoms with E-state index in [4.69, 9.17) is 5.73 Å². The summed E-state index contributed by atoms with van der Waals surface area (Å²) >= 11 is 0. The van der Waals surface area contributed by atoms with Crippen LogP contribution >= 0.6 is 0 Å². The summed E-state index contributed by atoms with van der Waals surface area (Å²) < 4.78 is 1.66. The second-order valence-electron chi connectivity index (χ2n) is 5.40. The van der Waals surface area contributed by atoms with Crippen molar-refractivity contribution in [3.63, 3.8) is 0 Å². The normalized spacial score (nSPS) is 25.7. The van der Waals surface area contributed by atoms with Gasteiger partial charge in [0.1, 0.15) is 6.04 Å². The molecular formula is C13H22N4O. The molecule has 3 unspecified atom stereocenters. The van der Waals surface area contributed by atoms with E-state index in [1.54, 1.807) is 17.1 Å². The van der Waals surface area contributed by atoms with Crippen LogP contribution in [0.4, 0.5) is 0 Å². The molecule has 0 saturated heterocycles. The summed E-state index contributed by atoms with van der Waals surface area (Å²) in [4.78, 5) is 12.1. The van der Waals surface area contributed by atoms with Crippen LogP contribution in [0.2, 0.25) is 0 Å². The van der Waals surface area contributed by atoms with Gasteiger partial charge in [-0.25, -0.2) is 0 Å². The third-order valence-electron chi connectivity index (χ3n) is 3.65. The summed E-state index contributed by atoms with van der Waals surface area (Å²) in [7, 11) is 1.82. The predicted molar refractivity (Wildman–Crippen MR) is 69.7 cm³/mol. The molecule has 3 N–H and O–H groups in total. The van der Waals surface area contributed by atoms with Crippen molar-refractivity contribution in [3.8, 4) is 0 Å². The third kappa shape index (κ3) is 3.10. The first-order valence-electron chi connectivity index (χ1n) is 6.60. The summed E-state index contributed by atoms with van der Waals surface area (Å²) in [5.41, 5.74) is 6.70. The number of aryl methyl sites for hydroxylation is 1. The van der Waals surface area contributed by atoms with Crippen LogP contribution in [0.15, 0.2) is 12.4 Å². The smallest absolute Gasteiger partial charge is 0.241 e. The van der Waals surface area contributed by atoms with Gasteiger partial charge in [0.2, 0.25) is 5.91 Å². The number of carbonyl (C=O) groups is 1. The second-order valence-corrected chi connectivity index (χ2v) is 5.40. The predicted octanol–water partition coefficient (Wildman–Crippen LogP) is 1.11. The fraction of sp³-hybridized carbons (Fsp3) is 0.692. The standard InChI is InChI=1S/C13H22N4O/c1-9-4-3-5-11(6-9)16-13(18)12(14)10-7-15-17(2)8-10/h7-9,11-12H,3-6,14H2,1-2H3,(H,16,18). The molecule has 1 saturated carbocycles. The van der Waals surface area contributed by atoms with Gasteiger partial charge >= 0.3 is 0 Å². The van der Waals surface area contributed by atoms with Crippen LogP contribution in [-0.4, -0.2) is 21.7 Å². The van der Waals surface area contributed by atoms with Gasteiger partial charge in [0.25, 0.3) is 0 Å². The molecule has 100 valence electrons. The van der Waals surface area contributed by atoms with Gasteiger partial charge in [-0.05, 0) is 18.8 Å². The first-order valence-corrected chi connectivity index (χ1v) is 6.60. The van der Waals surface area contributed by atoms with Gasteiger partial charge in [0.05, 0.1) is 6.20 Å². The number of nitrogens with two attached hydrogens (primary N) is 1. The molecule has 0 aliphatic heterocycles. The Morgan fingerprint density at radius 2 is 2.39 bits per heavy atom. The SMILES string of the molecule is CC1CCCC(NC(=O)C(N)c2cnn(C)c2)C1. The molecule has 1 aromatic heterocycles. The van der Waals surface area contributed by atoms with Crippen molar-refractivity contribution in [1.82, 2.24) is 15.1 Å². The lowest BCUT2D eigenvalue weighted by molar-refractivity contribution is -0.123. The highest BCUT2D eigenvalue weighted by Gasteiger charge is 2.24. The summed E-state index contributed by atoms with van der Waals surface area (Å²) in [6.07, 6.45) is 8.01. The van der Waals surface area contributed by atoms with E-state index in [9.17, 15) is 4.79 Å². The van der Waals surface area contributed by atoms with Gasteiger partial charge in [0, 0.05) is 24.8 Å². The van der Waals surface area contributed by atoms with Crippen LogP contribution in [0.25, 0.3) is 0 Å². The Hall–Kier alpha value is -1.36. The minimum atomic E-state index is -0.615. The second kappa shape index (κ2) is 5.52. The molecule has 1 amide bonds. The minimum absolute atomic E-state index is 0.0953. The largest absolute Gasteiger partial charge is 0.352 e. The molecule has 2 rings (SSSR count). The van der Waals surface area contributed by atoms with E-state index in [2.05, 4.69) is 17.3 Å². The highest BCUT2D eigenvalue weighted by Crippen LogP contribution is 2.24. The fourth-order valence-electron chi connectivity index (χ4n) is 2.61. The number of aromatic nitrogens is 2. The average Bonchev–Trinajstić information content (AvgIpc) is 2.75. The Balaban J connectivity index is 1.91. The zero-order valence-electron chi connectivity index (χ0n) is 11.1. The molecule has 0 spiro atoms. The van der Waals surface area contributed by atoms with Gasteiger partial charge in [-0.2, -0.15) is 5.10 Å². The molecule has 1 heterocycles. The van der Waals surface area contributed by atoms with Gasteiger partial charge in [-0.15, -0.1) is 0 Å². The Kier molecular flexibility index (Phi) is 4.01. The molecule has 0 bridgehead atoms. The van der Waals surface area contributed by atoms with Crippen LogP contribution in [0.1, 0.15) is 44.2 Å². The van der Waals surface area contributed by atoms with E-state index in [1.165, 1.54) is 12.8 Å². The van der Waals surface area contributed by atoms with E-state index in [1.807, 2.05) is 7.05 Å². The zero-order chi connectivity index (χ0) is 13.1. The van der Waals surface area contributed by atoms with E-state index in [-0.39, 0.29) is 11.9 Å². The van der Waals surface area contributed by atoms with Crippen LogP contribution in [-0.2, 0) is 11.8 Å². The summed E-state index contributed by atoms with van der Waals surface area (Å²) in [6, 6.07) is -0.333. The topological polar surface area (TPSA) is 72.9 Å². The van der Waals surface area contributed by atoms with Crippen molar-refractivity contribution >= 4 is 5.91 Å². The number of hydrogen-bond donors (Lipinski definition) is 2. The highest BCUT2D eigenvalue weighted by atomic mass is 16.2. The maximum absolute atomic E-state index is 12.1. The summed E-state index contributed by atoms with van der Waals surface area (Å²) in [5.74, 6) is 0.598. The Bertz CT molecular complexity index is 415. The van der Waals surface area contributed by atoms with Crippen molar-refractivity contribution in [2.24, 2.45) is 18.7 Å². The summed E-state index contributed by atoms with van der Waals surface area (Å²) in [5, 5.41) is 7.09. The molecule has 0 aromatic carbocycles. The van der Waals surface area contributed by atoms with Crippen molar-refractivity contribution in [2.75, 3.05) is 0 Å². The molecule has 5 heteroatoms. The Labute approximate surface area is 108 Å². The van der Waals surface area contributed by atoms with E-state index in [0.717, 1.165) is 18.4 Å². The lowest BCUT2D eigenvalue weighted by Gasteiger charge is -2.28. The van der Waals surface area contributed by atoms with Crippen molar-refractivity contribution in [3.05, 3.63) is 18.0 Å². The summed E-state index contributed by atoms with van der Waals surface area (Å²) in [6.45, 7) is 2.24. The molecule has 1 fully saturated rings. The number of hydrogen-bond acceptors (Lipinski definition) is 3. The average molecular weight is 250 g/mol. The number of amides is 1. The maximum atomic E-state index is 12.1. The molecule has 1 aromatic rings. The van der Waals surface area contributed by atoms with Crippen LogP contribution in [0.5, 0.6) is 0 Å². The fourth-order valence-corrected chi connectivity index (χ4v) is 2.61. The lowest BCUT2D eigenvalue weighted by Crippen LogP contribution is -2.42. The molecule has 18 heavy (non-hydrogen) atoms. The Morgan fingerprint density at radius 1 is 1.61 bits per heavy atom. The van der Waals surface area contributed by atoms with Gasteiger partial charge in [-0.3, -0.25) is 9.48 Å². The monoisotopic (exact) mass is 250 g/mol. The number of nitrogens with one attached hydrogen (secondary N) is 1. The van der Waals surface area contributed by atoms with Crippen LogP contribution in [0, 0.1) is 5.92 Å². The van der Waals surface area contributed by atoms with Crippen molar-refractivity contribution in [1.29, 1.82) is 0 Å². The number of carbonyl (C=O) groups excluding carboxylic acids is 1. The van der Waals surface area contributed by atoms with Crippen molar-refractivity contribution in [2.45, 2.75) is 44.7 Å². The number of nitrogens with zero attached hydrogens (tertiary/aromatic N) is 2. The van der Waals surface area contributed by atoms with E-state index >= 15 is 0 Å². The van der Waals surface area contributed by atoms with E-state index in [0.29, 0.717) is 5.92 Å². The van der Waals surface area contributed by atoms with Crippen molar-refractivity contribution < 1.29 is 4.79 Å². The van der Waals surface area contributed by atoms with Crippen LogP contribution in [0.3, 0.4) is 0 Å². The molecule has 3 atom stereocenters. The van der Waals surface area contributed by atoms with Gasteiger partial charge in [-0.1, -0.05) is 19.8 Å². The molecule has 5 nitrogen and oxygen atoms in total. The van der Waals surface area contributed by atoms with Crippen LogP contribution < -0.4 is 11.1 Å². The molecular weight excluding hydrogens is 228 g/mol. The molecule has 1 aliphatic carbocycles. The highest BCUT2D eigenvalue weighted by molar-refractivity contribution is 5.83. The quantitative estimate of drug-likeness (QED) is 0.844.